The maximum absolute atomic E-state index is 12.4. The number of carboxylic acids is 3. The van der Waals surface area contributed by atoms with Crippen LogP contribution < -0.4 is 11.1 Å². The van der Waals surface area contributed by atoms with Gasteiger partial charge < -0.3 is 26.4 Å². The van der Waals surface area contributed by atoms with Gasteiger partial charge in [0.2, 0.25) is 5.91 Å². The molecular weight excluding hydrogens is 516 g/mol. The lowest BCUT2D eigenvalue weighted by Gasteiger charge is -2.18. The van der Waals surface area contributed by atoms with Crippen LogP contribution in [0.5, 0.6) is 0 Å². The van der Waals surface area contributed by atoms with Crippen LogP contribution in [0.2, 0.25) is 0 Å². The van der Waals surface area contributed by atoms with Gasteiger partial charge in [0.1, 0.15) is 0 Å². The molecule has 0 heterocycles. The molecule has 0 aliphatic rings. The molecule has 220 valence electrons. The molecule has 10 heteroatoms. The Morgan fingerprint density at radius 3 is 1.62 bits per heavy atom. The summed E-state index contributed by atoms with van der Waals surface area (Å²) < 4.78 is 0. The van der Waals surface area contributed by atoms with Gasteiger partial charge in [-0.2, -0.15) is 0 Å². The fourth-order valence-corrected chi connectivity index (χ4v) is 3.42. The molecule has 0 aromatic rings. The Kier molecular flexibility index (Phi) is 21.6. The zero-order chi connectivity index (χ0) is 30.0. The van der Waals surface area contributed by atoms with Crippen LogP contribution in [0.3, 0.4) is 0 Å². The van der Waals surface area contributed by atoms with Crippen molar-refractivity contribution >= 4 is 29.6 Å². The highest BCUT2D eigenvalue weighted by molar-refractivity contribution is 5.94. The van der Waals surface area contributed by atoms with Crippen molar-refractivity contribution in [2.24, 2.45) is 5.73 Å². The predicted octanol–water partition coefficient (Wildman–Crippen LogP) is 4.25. The highest BCUT2D eigenvalue weighted by Gasteiger charge is 2.26. The van der Waals surface area contributed by atoms with Gasteiger partial charge in [0, 0.05) is 12.5 Å². The summed E-state index contributed by atoms with van der Waals surface area (Å²) in [6.07, 6.45) is 27.9. The number of nitrogens with two attached hydrogens (primary N) is 1. The molecule has 0 fully saturated rings. The standard InChI is InChI=1S/C30H42N2O8/c31-24(22-28(36)37)30(40)32-25(23-29(38)39)26(33)20-18-16-14-12-10-8-6-4-2-1-3-5-7-9-11-13-15-17-19-21-27(34)35/h1-3,5,7,9,11,13,15,17,19,21,24-25H,4,6,8,10,12,14,16,18,20,22-23,31H2,(H,32,40)(H,34,35)(H,36,37)(H,38,39)/t24-,25-/m0/s1. The van der Waals surface area contributed by atoms with Crippen LogP contribution >= 0.6 is 0 Å². The average molecular weight is 559 g/mol. The number of ketones is 1. The number of carboxylic acid groups (broad SMARTS) is 3. The van der Waals surface area contributed by atoms with Crippen LogP contribution in [-0.2, 0) is 24.0 Å². The Hall–Kier alpha value is -4.05. The zero-order valence-corrected chi connectivity index (χ0v) is 22.8. The number of allylic oxidation sites excluding steroid dienone is 11. The molecule has 0 aliphatic carbocycles. The summed E-state index contributed by atoms with van der Waals surface area (Å²) in [6.45, 7) is 0. The highest BCUT2D eigenvalue weighted by atomic mass is 16.4. The van der Waals surface area contributed by atoms with Crippen molar-refractivity contribution in [1.29, 1.82) is 0 Å². The Morgan fingerprint density at radius 2 is 1.10 bits per heavy atom. The van der Waals surface area contributed by atoms with E-state index in [4.69, 9.17) is 21.1 Å². The summed E-state index contributed by atoms with van der Waals surface area (Å²) in [6, 6.07) is -2.57. The maximum Gasteiger partial charge on any atom is 0.328 e. The van der Waals surface area contributed by atoms with Crippen molar-refractivity contribution in [1.82, 2.24) is 5.32 Å². The molecule has 0 aliphatic heterocycles. The topological polar surface area (TPSA) is 184 Å². The van der Waals surface area contributed by atoms with Crippen LogP contribution in [0.25, 0.3) is 0 Å². The molecule has 40 heavy (non-hydrogen) atoms. The smallest absolute Gasteiger partial charge is 0.328 e. The number of aliphatic carboxylic acids is 3. The lowest BCUT2D eigenvalue weighted by molar-refractivity contribution is -0.142. The summed E-state index contributed by atoms with van der Waals surface area (Å²) in [5.41, 5.74) is 5.48. The van der Waals surface area contributed by atoms with Gasteiger partial charge in [0.05, 0.1) is 24.9 Å². The first-order valence-corrected chi connectivity index (χ1v) is 13.4. The second kappa shape index (κ2) is 24.0. The third kappa shape index (κ3) is 23.1. The van der Waals surface area contributed by atoms with Gasteiger partial charge in [-0.1, -0.05) is 98.9 Å². The van der Waals surface area contributed by atoms with Crippen LogP contribution in [-0.4, -0.2) is 57.0 Å². The summed E-state index contributed by atoms with van der Waals surface area (Å²) in [5.74, 6) is -4.73. The van der Waals surface area contributed by atoms with E-state index >= 15 is 0 Å². The molecule has 0 aromatic heterocycles. The van der Waals surface area contributed by atoms with Gasteiger partial charge in [0.15, 0.2) is 5.78 Å². The first-order valence-electron chi connectivity index (χ1n) is 13.4. The van der Waals surface area contributed by atoms with E-state index in [0.717, 1.165) is 51.0 Å². The summed E-state index contributed by atoms with van der Waals surface area (Å²) >= 11 is 0. The molecule has 2 atom stereocenters. The number of rotatable bonds is 23. The molecule has 0 radical (unpaired) electrons. The number of Topliss-reactive ketones (excluding diaryl/α,β-unsaturated/α-hetero) is 1. The number of carbonyl (C=O) groups is 5. The summed E-state index contributed by atoms with van der Waals surface area (Å²) in [5, 5.41) is 28.5. The Bertz CT molecular complexity index is 976. The second-order valence-electron chi connectivity index (χ2n) is 9.01. The number of unbranched alkanes of at least 4 members (excludes halogenated alkanes) is 7. The Balaban J connectivity index is 3.97. The molecule has 0 spiro atoms. The van der Waals surface area contributed by atoms with Crippen molar-refractivity contribution in [3.63, 3.8) is 0 Å². The first kappa shape index (κ1) is 35.9. The number of carbonyl (C=O) groups excluding carboxylic acids is 2. The molecule has 0 aromatic carbocycles. The lowest BCUT2D eigenvalue weighted by Crippen LogP contribution is -2.49. The minimum absolute atomic E-state index is 0.138. The molecule has 0 saturated carbocycles. The quantitative estimate of drug-likeness (QED) is 0.0695. The number of amides is 1. The fourth-order valence-electron chi connectivity index (χ4n) is 3.42. The SMILES string of the molecule is N[C@@H](CC(=O)O)C(=O)N[C@@H](CC(=O)O)C(=O)CCCCCCCCCC=CC=CC=CC=CC=CC=CC(=O)O. The fraction of sp³-hybridized carbons (Fsp3) is 0.433. The Morgan fingerprint density at radius 1 is 0.625 bits per heavy atom. The molecule has 6 N–H and O–H groups in total. The van der Waals surface area contributed by atoms with E-state index in [1.807, 2.05) is 36.5 Å². The minimum Gasteiger partial charge on any atom is -0.481 e. The second-order valence-corrected chi connectivity index (χ2v) is 9.01. The molecule has 1 amide bonds. The lowest BCUT2D eigenvalue weighted by atomic mass is 10.0. The van der Waals surface area contributed by atoms with Gasteiger partial charge in [-0.3, -0.25) is 19.2 Å². The van der Waals surface area contributed by atoms with E-state index < -0.39 is 54.5 Å². The zero-order valence-electron chi connectivity index (χ0n) is 22.8. The van der Waals surface area contributed by atoms with E-state index in [0.29, 0.717) is 6.42 Å². The molecule has 0 saturated heterocycles. The van der Waals surface area contributed by atoms with Crippen LogP contribution in [0, 0.1) is 0 Å². The molecular formula is C30H42N2O8. The van der Waals surface area contributed by atoms with Crippen LogP contribution in [0.4, 0.5) is 0 Å². The number of hydrogen-bond acceptors (Lipinski definition) is 6. The van der Waals surface area contributed by atoms with Crippen molar-refractivity contribution in [3.05, 3.63) is 72.9 Å². The normalized spacial score (nSPS) is 13.7. The van der Waals surface area contributed by atoms with Gasteiger partial charge in [0.25, 0.3) is 0 Å². The van der Waals surface area contributed by atoms with E-state index in [2.05, 4.69) is 11.4 Å². The van der Waals surface area contributed by atoms with Crippen molar-refractivity contribution in [2.75, 3.05) is 0 Å². The van der Waals surface area contributed by atoms with Crippen molar-refractivity contribution < 1.29 is 39.3 Å². The van der Waals surface area contributed by atoms with E-state index in [-0.39, 0.29) is 6.42 Å². The monoisotopic (exact) mass is 558 g/mol. The van der Waals surface area contributed by atoms with Gasteiger partial charge >= 0.3 is 17.9 Å². The van der Waals surface area contributed by atoms with E-state index in [1.54, 1.807) is 18.2 Å². The van der Waals surface area contributed by atoms with Crippen LogP contribution in [0.1, 0.15) is 70.6 Å². The van der Waals surface area contributed by atoms with Gasteiger partial charge in [-0.25, -0.2) is 4.79 Å². The third-order valence-electron chi connectivity index (χ3n) is 5.48. The van der Waals surface area contributed by atoms with E-state index in [1.165, 1.54) is 6.08 Å². The highest BCUT2D eigenvalue weighted by Crippen LogP contribution is 2.11. The van der Waals surface area contributed by atoms with Gasteiger partial charge in [-0.15, -0.1) is 0 Å². The average Bonchev–Trinajstić information content (AvgIpc) is 2.88. The molecule has 0 bridgehead atoms. The number of hydrogen-bond donors (Lipinski definition) is 5. The summed E-state index contributed by atoms with van der Waals surface area (Å²) in [7, 11) is 0. The molecule has 0 rings (SSSR count). The van der Waals surface area contributed by atoms with E-state index in [9.17, 15) is 24.0 Å². The minimum atomic E-state index is -1.35. The Labute approximate surface area is 235 Å². The third-order valence-corrected chi connectivity index (χ3v) is 5.48. The predicted molar refractivity (Wildman–Crippen MR) is 153 cm³/mol. The first-order chi connectivity index (χ1) is 19.1. The number of nitrogens with one attached hydrogen (secondary N) is 1. The van der Waals surface area contributed by atoms with Crippen LogP contribution in [0.15, 0.2) is 72.9 Å². The maximum atomic E-state index is 12.4. The summed E-state index contributed by atoms with van der Waals surface area (Å²) in [4.78, 5) is 56.4. The largest absolute Gasteiger partial charge is 0.481 e. The van der Waals surface area contributed by atoms with Crippen molar-refractivity contribution in [3.8, 4) is 0 Å². The molecule has 0 unspecified atom stereocenters. The molecule has 10 nitrogen and oxygen atoms in total. The van der Waals surface area contributed by atoms with Gasteiger partial charge in [-0.05, 0) is 19.3 Å². The van der Waals surface area contributed by atoms with Crippen molar-refractivity contribution in [2.45, 2.75) is 82.7 Å².